The quantitative estimate of drug-likeness (QED) is 0.758. The van der Waals surface area contributed by atoms with Gasteiger partial charge in [-0.2, -0.15) is 11.8 Å². The van der Waals surface area contributed by atoms with Gasteiger partial charge in [-0.1, -0.05) is 18.6 Å². The van der Waals surface area contributed by atoms with Crippen LogP contribution in [-0.2, 0) is 0 Å². The highest BCUT2D eigenvalue weighted by Crippen LogP contribution is 2.29. The second kappa shape index (κ2) is 6.67. The van der Waals surface area contributed by atoms with Crippen LogP contribution in [0.15, 0.2) is 12.2 Å². The molecule has 3 heteroatoms. The molecule has 0 amide bonds. The van der Waals surface area contributed by atoms with Crippen LogP contribution in [0.4, 0.5) is 0 Å². The first-order valence-corrected chi connectivity index (χ1v) is 7.61. The minimum absolute atomic E-state index is 0.865. The van der Waals surface area contributed by atoms with E-state index >= 15 is 0 Å². The monoisotopic (exact) mass is 240 g/mol. The molecule has 0 aromatic rings. The standard InChI is InChI=1S/C13H24N2S/c1-12(10-13-4-2-3-9-16-13)11-15-7-5-14-6-8-15/h13-14H,1-11H2. The van der Waals surface area contributed by atoms with Gasteiger partial charge in [0, 0.05) is 38.0 Å². The van der Waals surface area contributed by atoms with Gasteiger partial charge in [0.1, 0.15) is 0 Å². The normalized spacial score (nSPS) is 27.9. The predicted octanol–water partition coefficient (Wildman–Crippen LogP) is 2.12. The molecule has 2 fully saturated rings. The largest absolute Gasteiger partial charge is 0.314 e. The van der Waals surface area contributed by atoms with Crippen LogP contribution < -0.4 is 5.32 Å². The molecule has 1 unspecified atom stereocenters. The summed E-state index contributed by atoms with van der Waals surface area (Å²) in [5.74, 6) is 1.37. The molecule has 2 aliphatic heterocycles. The number of nitrogens with zero attached hydrogens (tertiary/aromatic N) is 1. The fraction of sp³-hybridized carbons (Fsp3) is 0.846. The van der Waals surface area contributed by atoms with Gasteiger partial charge >= 0.3 is 0 Å². The fourth-order valence-corrected chi connectivity index (χ4v) is 3.93. The van der Waals surface area contributed by atoms with Gasteiger partial charge in [0.05, 0.1) is 0 Å². The van der Waals surface area contributed by atoms with Gasteiger partial charge < -0.3 is 5.32 Å². The third-order valence-corrected chi connectivity index (χ3v) is 4.85. The molecule has 0 radical (unpaired) electrons. The molecule has 0 aromatic carbocycles. The van der Waals surface area contributed by atoms with Gasteiger partial charge in [0.2, 0.25) is 0 Å². The number of nitrogens with one attached hydrogen (secondary N) is 1. The van der Waals surface area contributed by atoms with Crippen molar-refractivity contribution in [3.05, 3.63) is 12.2 Å². The zero-order chi connectivity index (χ0) is 11.2. The molecule has 0 aliphatic carbocycles. The molecule has 2 rings (SSSR count). The Morgan fingerprint density at radius 2 is 2.12 bits per heavy atom. The van der Waals surface area contributed by atoms with Crippen molar-refractivity contribution in [2.45, 2.75) is 30.9 Å². The Bertz CT molecular complexity index is 196. The fourth-order valence-electron chi connectivity index (χ4n) is 2.54. The van der Waals surface area contributed by atoms with E-state index in [2.05, 4.69) is 28.6 Å². The van der Waals surface area contributed by atoms with Crippen molar-refractivity contribution in [3.63, 3.8) is 0 Å². The maximum atomic E-state index is 4.27. The average Bonchev–Trinajstić information content (AvgIpc) is 2.31. The Morgan fingerprint density at radius 1 is 1.31 bits per heavy atom. The lowest BCUT2D eigenvalue weighted by Crippen LogP contribution is -2.44. The molecule has 1 atom stereocenters. The molecule has 2 saturated heterocycles. The number of hydrogen-bond donors (Lipinski definition) is 1. The summed E-state index contributed by atoms with van der Waals surface area (Å²) in [7, 11) is 0. The summed E-state index contributed by atoms with van der Waals surface area (Å²) >= 11 is 2.16. The lowest BCUT2D eigenvalue weighted by Gasteiger charge is -2.29. The van der Waals surface area contributed by atoms with E-state index in [4.69, 9.17) is 0 Å². The van der Waals surface area contributed by atoms with Gasteiger partial charge in [-0.05, 0) is 25.0 Å². The minimum atomic E-state index is 0.865. The van der Waals surface area contributed by atoms with E-state index in [1.54, 1.807) is 0 Å². The summed E-state index contributed by atoms with van der Waals surface area (Å²) in [4.78, 5) is 2.53. The average molecular weight is 240 g/mol. The number of piperazine rings is 1. The smallest absolute Gasteiger partial charge is 0.0191 e. The van der Waals surface area contributed by atoms with Gasteiger partial charge in [-0.25, -0.2) is 0 Å². The molecular weight excluding hydrogens is 216 g/mol. The predicted molar refractivity (Wildman–Crippen MR) is 73.2 cm³/mol. The van der Waals surface area contributed by atoms with Crippen LogP contribution in [0.1, 0.15) is 25.7 Å². The van der Waals surface area contributed by atoms with Gasteiger partial charge in [-0.3, -0.25) is 4.90 Å². The molecule has 2 heterocycles. The minimum Gasteiger partial charge on any atom is -0.314 e. The molecule has 2 aliphatic rings. The molecule has 1 N–H and O–H groups in total. The summed E-state index contributed by atoms with van der Waals surface area (Å²) < 4.78 is 0. The van der Waals surface area contributed by atoms with Crippen molar-refractivity contribution in [1.29, 1.82) is 0 Å². The van der Waals surface area contributed by atoms with Crippen molar-refractivity contribution in [1.82, 2.24) is 10.2 Å². The van der Waals surface area contributed by atoms with E-state index in [0.717, 1.165) is 24.9 Å². The van der Waals surface area contributed by atoms with Gasteiger partial charge in [0.15, 0.2) is 0 Å². The lowest BCUT2D eigenvalue weighted by molar-refractivity contribution is 0.257. The Balaban J connectivity index is 1.66. The molecular formula is C13H24N2S. The van der Waals surface area contributed by atoms with Crippen LogP contribution in [0.5, 0.6) is 0 Å². The Kier molecular flexibility index (Phi) is 5.20. The van der Waals surface area contributed by atoms with Crippen LogP contribution in [-0.4, -0.2) is 48.6 Å². The molecule has 2 nitrogen and oxygen atoms in total. The van der Waals surface area contributed by atoms with E-state index < -0.39 is 0 Å². The molecule has 0 bridgehead atoms. The maximum Gasteiger partial charge on any atom is 0.0191 e. The zero-order valence-corrected chi connectivity index (χ0v) is 11.0. The van der Waals surface area contributed by atoms with Crippen molar-refractivity contribution in [3.8, 4) is 0 Å². The number of thioether (sulfide) groups is 1. The van der Waals surface area contributed by atoms with E-state index in [1.807, 2.05) is 0 Å². The number of hydrogen-bond acceptors (Lipinski definition) is 3. The summed E-state index contributed by atoms with van der Waals surface area (Å²) in [6.07, 6.45) is 5.50. The van der Waals surface area contributed by atoms with Crippen LogP contribution >= 0.6 is 11.8 Å². The summed E-state index contributed by atoms with van der Waals surface area (Å²) in [5, 5.41) is 4.26. The first-order chi connectivity index (χ1) is 7.84. The Labute approximate surface area is 104 Å². The third-order valence-electron chi connectivity index (χ3n) is 3.45. The van der Waals surface area contributed by atoms with Crippen LogP contribution in [0.25, 0.3) is 0 Å². The SMILES string of the molecule is C=C(CC1CCCCS1)CN1CCNCC1. The van der Waals surface area contributed by atoms with E-state index in [0.29, 0.717) is 0 Å². The van der Waals surface area contributed by atoms with Crippen LogP contribution in [0, 0.1) is 0 Å². The Hall–Kier alpha value is 0.01000. The topological polar surface area (TPSA) is 15.3 Å². The van der Waals surface area contributed by atoms with Crippen molar-refractivity contribution < 1.29 is 0 Å². The van der Waals surface area contributed by atoms with Gasteiger partial charge in [0.25, 0.3) is 0 Å². The first kappa shape index (κ1) is 12.5. The molecule has 0 aromatic heterocycles. The van der Waals surface area contributed by atoms with Gasteiger partial charge in [-0.15, -0.1) is 0 Å². The lowest BCUT2D eigenvalue weighted by atomic mass is 10.1. The highest BCUT2D eigenvalue weighted by Gasteiger charge is 2.16. The molecule has 92 valence electrons. The maximum absolute atomic E-state index is 4.27. The van der Waals surface area contributed by atoms with E-state index in [9.17, 15) is 0 Å². The van der Waals surface area contributed by atoms with Crippen LogP contribution in [0.2, 0.25) is 0 Å². The summed E-state index contributed by atoms with van der Waals surface area (Å²) in [6, 6.07) is 0. The Morgan fingerprint density at radius 3 is 2.81 bits per heavy atom. The zero-order valence-electron chi connectivity index (χ0n) is 10.2. The highest BCUT2D eigenvalue weighted by atomic mass is 32.2. The van der Waals surface area contributed by atoms with Crippen LogP contribution in [0.3, 0.4) is 0 Å². The summed E-state index contributed by atoms with van der Waals surface area (Å²) in [5.41, 5.74) is 1.45. The summed E-state index contributed by atoms with van der Waals surface area (Å²) in [6.45, 7) is 10.1. The van der Waals surface area contributed by atoms with E-state index in [1.165, 1.54) is 50.1 Å². The second-order valence-corrected chi connectivity index (χ2v) is 6.38. The molecule has 16 heavy (non-hydrogen) atoms. The highest BCUT2D eigenvalue weighted by molar-refractivity contribution is 7.99. The van der Waals surface area contributed by atoms with E-state index in [-0.39, 0.29) is 0 Å². The van der Waals surface area contributed by atoms with Crippen molar-refractivity contribution in [2.24, 2.45) is 0 Å². The molecule has 0 saturated carbocycles. The number of rotatable bonds is 4. The second-order valence-electron chi connectivity index (χ2n) is 4.97. The van der Waals surface area contributed by atoms with Crippen molar-refractivity contribution >= 4 is 11.8 Å². The first-order valence-electron chi connectivity index (χ1n) is 6.56. The third kappa shape index (κ3) is 4.11. The van der Waals surface area contributed by atoms with Crippen molar-refractivity contribution in [2.75, 3.05) is 38.5 Å². The molecule has 0 spiro atoms.